The fraction of sp³-hybridized carbons (Fsp3) is 0.0769. The van der Waals surface area contributed by atoms with Crippen LogP contribution < -0.4 is 0 Å². The van der Waals surface area contributed by atoms with Crippen LogP contribution in [-0.4, -0.2) is 0 Å². The molecule has 0 spiro atoms. The molecule has 0 bridgehead atoms. The van der Waals surface area contributed by atoms with Gasteiger partial charge in [0.1, 0.15) is 0 Å². The zero-order valence-corrected chi connectivity index (χ0v) is 44.4. The van der Waals surface area contributed by atoms with Crippen LogP contribution in [0.15, 0.2) is 267 Å². The van der Waals surface area contributed by atoms with Crippen molar-refractivity contribution in [3.8, 4) is 100 Å². The van der Waals surface area contributed by atoms with E-state index >= 15 is 0 Å². The summed E-state index contributed by atoms with van der Waals surface area (Å²) in [4.78, 5) is 0. The van der Waals surface area contributed by atoms with Crippen molar-refractivity contribution in [2.75, 3.05) is 0 Å². The van der Waals surface area contributed by atoms with Gasteiger partial charge in [-0.3, -0.25) is 0 Å². The van der Waals surface area contributed by atoms with Gasteiger partial charge in [0, 0.05) is 10.8 Å². The molecule has 368 valence electrons. The molecule has 0 fully saturated rings. The molecule has 0 nitrogen and oxygen atoms in total. The Kier molecular flexibility index (Phi) is 10.4. The minimum absolute atomic E-state index is 0.186. The Balaban J connectivity index is 1.05. The summed E-state index contributed by atoms with van der Waals surface area (Å²) in [6.07, 6.45) is 0. The quantitative estimate of drug-likeness (QED) is 0.140. The predicted octanol–water partition coefficient (Wildman–Crippen LogP) is 21.4. The molecule has 0 atom stereocenters. The lowest BCUT2D eigenvalue weighted by Gasteiger charge is -2.25. The standard InChI is InChI=1S/C78H56/c1-77(2)71-30-18-16-28-62(71)64-40-35-57(47-73(64)77)75-69-45-55(54-32-37-59(49-20-8-5-9-21-49)66(44-54)50-22-10-6-11-23-50)33-38-60(69)61-39-34-56(68-43-53-27-15-14-26-52(53)42-67(68)51-24-12-7-13-25-51)46-70(61)76(75)58-36-41-65-63-29-17-19-31-72(63)78(3,4)74(65)48-58/h5-48H,1-4H3. The highest BCUT2D eigenvalue weighted by molar-refractivity contribution is 6.23. The molecule has 0 aromatic heterocycles. The molecule has 13 aromatic carbocycles. The first kappa shape index (κ1) is 46.0. The molecule has 2 aliphatic rings. The van der Waals surface area contributed by atoms with E-state index in [0.29, 0.717) is 0 Å². The van der Waals surface area contributed by atoms with Crippen LogP contribution in [0.3, 0.4) is 0 Å². The van der Waals surface area contributed by atoms with Gasteiger partial charge >= 0.3 is 0 Å². The Morgan fingerprint density at radius 2 is 0.538 bits per heavy atom. The van der Waals surface area contributed by atoms with Gasteiger partial charge in [-0.25, -0.2) is 0 Å². The van der Waals surface area contributed by atoms with Gasteiger partial charge in [-0.2, -0.15) is 0 Å². The van der Waals surface area contributed by atoms with Crippen LogP contribution in [0.5, 0.6) is 0 Å². The van der Waals surface area contributed by atoms with Gasteiger partial charge in [-0.05, 0) is 197 Å². The lowest BCUT2D eigenvalue weighted by molar-refractivity contribution is 0.660. The van der Waals surface area contributed by atoms with Crippen molar-refractivity contribution >= 4 is 32.3 Å². The van der Waals surface area contributed by atoms with E-state index in [1.807, 2.05) is 0 Å². The van der Waals surface area contributed by atoms with E-state index in [1.54, 1.807) is 0 Å². The third kappa shape index (κ3) is 7.13. The molecule has 0 unspecified atom stereocenters. The van der Waals surface area contributed by atoms with Gasteiger partial charge in [0.05, 0.1) is 0 Å². The zero-order valence-electron chi connectivity index (χ0n) is 44.4. The van der Waals surface area contributed by atoms with Crippen molar-refractivity contribution in [1.82, 2.24) is 0 Å². The van der Waals surface area contributed by atoms with Crippen molar-refractivity contribution in [1.29, 1.82) is 0 Å². The largest absolute Gasteiger partial charge is 0.0622 e. The Bertz CT molecular complexity index is 4570. The maximum absolute atomic E-state index is 2.54. The zero-order chi connectivity index (χ0) is 52.3. The second-order valence-corrected chi connectivity index (χ2v) is 22.7. The number of hydrogen-bond donors (Lipinski definition) is 0. The molecule has 15 rings (SSSR count). The lowest BCUT2D eigenvalue weighted by Crippen LogP contribution is -2.15. The lowest BCUT2D eigenvalue weighted by atomic mass is 9.78. The summed E-state index contributed by atoms with van der Waals surface area (Å²) < 4.78 is 0. The molecule has 78 heavy (non-hydrogen) atoms. The summed E-state index contributed by atoms with van der Waals surface area (Å²) in [5.41, 5.74) is 27.5. The van der Waals surface area contributed by atoms with Crippen LogP contribution in [0.25, 0.3) is 132 Å². The molecule has 13 aromatic rings. The summed E-state index contributed by atoms with van der Waals surface area (Å²) >= 11 is 0. The molecule has 0 saturated carbocycles. The second-order valence-electron chi connectivity index (χ2n) is 22.7. The van der Waals surface area contributed by atoms with E-state index < -0.39 is 0 Å². The van der Waals surface area contributed by atoms with Gasteiger partial charge in [0.2, 0.25) is 0 Å². The van der Waals surface area contributed by atoms with E-state index in [-0.39, 0.29) is 10.8 Å². The summed E-state index contributed by atoms with van der Waals surface area (Å²) in [6.45, 7) is 9.62. The average molecular weight is 993 g/mol. The van der Waals surface area contributed by atoms with Crippen molar-refractivity contribution in [3.63, 3.8) is 0 Å². The van der Waals surface area contributed by atoms with Crippen molar-refractivity contribution in [2.45, 2.75) is 38.5 Å². The maximum atomic E-state index is 2.54. The first-order valence-electron chi connectivity index (χ1n) is 27.6. The van der Waals surface area contributed by atoms with Crippen molar-refractivity contribution in [3.05, 3.63) is 289 Å². The third-order valence-corrected chi connectivity index (χ3v) is 17.7. The SMILES string of the molecule is CC1(C)c2ccccc2-c2ccc(-c3c(-c4ccc5c(c4)C(C)(C)c4ccccc4-5)c4cc(-c5cc6ccccc6cc5-c5ccccc5)ccc4c4ccc(-c5ccc(-c6ccccc6)c(-c6ccccc6)c5)cc34)cc21. The highest BCUT2D eigenvalue weighted by atomic mass is 14.4. The molecular formula is C78H56. The molecule has 0 amide bonds. The highest BCUT2D eigenvalue weighted by Gasteiger charge is 2.37. The highest BCUT2D eigenvalue weighted by Crippen LogP contribution is 2.55. The van der Waals surface area contributed by atoms with Gasteiger partial charge in [0.25, 0.3) is 0 Å². The second kappa shape index (κ2) is 17.6. The molecule has 0 aliphatic heterocycles. The normalized spacial score (nSPS) is 13.6. The number of rotatable bonds is 7. The number of benzene rings is 13. The molecule has 0 N–H and O–H groups in total. The molecule has 2 aliphatic carbocycles. The van der Waals surface area contributed by atoms with Gasteiger partial charge in [-0.15, -0.1) is 0 Å². The van der Waals surface area contributed by atoms with Crippen molar-refractivity contribution in [2.24, 2.45) is 0 Å². The Morgan fingerprint density at radius 3 is 1.05 bits per heavy atom. The van der Waals surface area contributed by atoms with E-state index in [4.69, 9.17) is 0 Å². The third-order valence-electron chi connectivity index (χ3n) is 17.7. The Hall–Kier alpha value is -9.36. The molecule has 0 radical (unpaired) electrons. The van der Waals surface area contributed by atoms with Crippen LogP contribution in [0, 0.1) is 0 Å². The first-order valence-corrected chi connectivity index (χ1v) is 27.6. The van der Waals surface area contributed by atoms with Crippen LogP contribution in [-0.2, 0) is 10.8 Å². The van der Waals surface area contributed by atoms with Gasteiger partial charge in [-0.1, -0.05) is 252 Å². The predicted molar refractivity (Wildman–Crippen MR) is 332 cm³/mol. The first-order chi connectivity index (χ1) is 38.2. The Morgan fingerprint density at radius 1 is 0.192 bits per heavy atom. The topological polar surface area (TPSA) is 0 Å². The summed E-state index contributed by atoms with van der Waals surface area (Å²) in [5.74, 6) is 0. The smallest absolute Gasteiger partial charge is 0.0159 e. The minimum atomic E-state index is -0.186. The number of fused-ring (bicyclic) bond motifs is 10. The van der Waals surface area contributed by atoms with Crippen LogP contribution in [0.4, 0.5) is 0 Å². The summed E-state index contributed by atoms with van der Waals surface area (Å²) in [6, 6.07) is 101. The monoisotopic (exact) mass is 992 g/mol. The average Bonchev–Trinajstić information content (AvgIpc) is 3.98. The summed E-state index contributed by atoms with van der Waals surface area (Å²) in [7, 11) is 0. The van der Waals surface area contributed by atoms with E-state index in [2.05, 4.69) is 295 Å². The number of hydrogen-bond acceptors (Lipinski definition) is 0. The minimum Gasteiger partial charge on any atom is -0.0622 e. The van der Waals surface area contributed by atoms with Crippen molar-refractivity contribution < 1.29 is 0 Å². The Labute approximate surface area is 457 Å². The van der Waals surface area contributed by atoms with Crippen LogP contribution >= 0.6 is 0 Å². The van der Waals surface area contributed by atoms with Crippen LogP contribution in [0.1, 0.15) is 49.9 Å². The fourth-order valence-electron chi connectivity index (χ4n) is 13.7. The van der Waals surface area contributed by atoms with E-state index in [1.165, 1.54) is 155 Å². The molecule has 0 heteroatoms. The van der Waals surface area contributed by atoms with E-state index in [9.17, 15) is 0 Å². The molecule has 0 heterocycles. The summed E-state index contributed by atoms with van der Waals surface area (Å²) in [5, 5.41) is 7.42. The van der Waals surface area contributed by atoms with Crippen LogP contribution in [0.2, 0.25) is 0 Å². The maximum Gasteiger partial charge on any atom is 0.0159 e. The fourth-order valence-corrected chi connectivity index (χ4v) is 13.7. The molecular weight excluding hydrogens is 937 g/mol. The van der Waals surface area contributed by atoms with Gasteiger partial charge < -0.3 is 0 Å². The van der Waals surface area contributed by atoms with E-state index in [0.717, 1.165) is 0 Å². The molecule has 0 saturated heterocycles. The van der Waals surface area contributed by atoms with Gasteiger partial charge in [0.15, 0.2) is 0 Å².